The molecule has 41 heavy (non-hydrogen) atoms. The molecule has 2 aromatic rings. The van der Waals surface area contributed by atoms with E-state index in [1.807, 2.05) is 29.0 Å². The van der Waals surface area contributed by atoms with Gasteiger partial charge in [-0.1, -0.05) is 124 Å². The fraction of sp³-hybridized carbons (Fsp3) is 0.676. The molecule has 0 fully saturated rings. The number of carbonyl (C=O) groups is 1. The van der Waals surface area contributed by atoms with Crippen LogP contribution < -0.4 is 14.6 Å². The zero-order valence-electron chi connectivity index (χ0n) is 27.4. The number of benzene rings is 1. The first-order valence-corrected chi connectivity index (χ1v) is 16.8. The van der Waals surface area contributed by atoms with Crippen LogP contribution >= 0.6 is 0 Å². The fourth-order valence-electron chi connectivity index (χ4n) is 5.48. The van der Waals surface area contributed by atoms with Gasteiger partial charge in [-0.2, -0.15) is 4.57 Å². The molecule has 0 radical (unpaired) electrons. The third-order valence-corrected chi connectivity index (χ3v) is 8.05. The van der Waals surface area contributed by atoms with Crippen molar-refractivity contribution in [3.05, 3.63) is 59.4 Å². The molecule has 4 heteroatoms. The minimum Gasteiger partial charge on any atom is -0.493 e. The Morgan fingerprint density at radius 3 is 1.95 bits per heavy atom. The molecular formula is C37H61N2O2+. The molecule has 0 aliphatic rings. The summed E-state index contributed by atoms with van der Waals surface area (Å²) in [5.41, 5.74) is 2.95. The van der Waals surface area contributed by atoms with Crippen LogP contribution in [0.4, 0.5) is 0 Å². The van der Waals surface area contributed by atoms with Gasteiger partial charge in [-0.3, -0.25) is 4.79 Å². The van der Waals surface area contributed by atoms with E-state index in [1.54, 1.807) is 0 Å². The highest BCUT2D eigenvalue weighted by atomic mass is 16.5. The zero-order valence-corrected chi connectivity index (χ0v) is 27.4. The van der Waals surface area contributed by atoms with Gasteiger partial charge in [0.15, 0.2) is 6.20 Å². The number of amides is 1. The maximum absolute atomic E-state index is 13.1. The van der Waals surface area contributed by atoms with Crippen LogP contribution in [0, 0.1) is 0 Å². The van der Waals surface area contributed by atoms with Crippen LogP contribution in [0.15, 0.2) is 42.6 Å². The van der Waals surface area contributed by atoms with Crippen molar-refractivity contribution in [1.82, 2.24) is 5.32 Å². The maximum atomic E-state index is 13.1. The highest BCUT2D eigenvalue weighted by molar-refractivity contribution is 5.91. The van der Waals surface area contributed by atoms with Crippen LogP contribution in [-0.4, -0.2) is 12.5 Å². The third kappa shape index (κ3) is 13.4. The highest BCUT2D eigenvalue weighted by Crippen LogP contribution is 2.34. The van der Waals surface area contributed by atoms with Gasteiger partial charge in [0.25, 0.3) is 5.69 Å². The molecule has 0 bridgehead atoms. The second kappa shape index (κ2) is 19.7. The number of hydrogen-bond donors (Lipinski definition) is 1. The standard InChI is InChI=1S/C37H60N2O2/c1-7-9-10-11-12-13-14-15-16-17-18-19-20-23-29-41-35-26-25-32(30-33(35)37(4,5)6)31(3)38-36(40)34-24-21-22-28-39(34)27-8-2/h21-22,24-26,28,30-31H,7-20,23,27,29H2,1-6H3/p+1. The molecule has 1 aromatic carbocycles. The summed E-state index contributed by atoms with van der Waals surface area (Å²) in [5, 5.41) is 3.21. The monoisotopic (exact) mass is 565 g/mol. The number of pyridine rings is 1. The Balaban J connectivity index is 1.75. The first-order valence-electron chi connectivity index (χ1n) is 16.8. The second-order valence-electron chi connectivity index (χ2n) is 12.9. The van der Waals surface area contributed by atoms with Gasteiger partial charge in [-0.05, 0) is 48.1 Å². The van der Waals surface area contributed by atoms with Crippen molar-refractivity contribution in [1.29, 1.82) is 0 Å². The topological polar surface area (TPSA) is 42.2 Å². The minimum atomic E-state index is -0.0984. The van der Waals surface area contributed by atoms with Crippen LogP contribution in [0.5, 0.6) is 5.75 Å². The van der Waals surface area contributed by atoms with E-state index in [-0.39, 0.29) is 17.4 Å². The summed E-state index contributed by atoms with van der Waals surface area (Å²) in [5.74, 6) is 0.931. The summed E-state index contributed by atoms with van der Waals surface area (Å²) in [6.07, 6.45) is 22.0. The Labute approximate surface area is 252 Å². The highest BCUT2D eigenvalue weighted by Gasteiger charge is 2.23. The Kier molecular flexibility index (Phi) is 16.7. The first kappa shape index (κ1) is 34.8. The summed E-state index contributed by atoms with van der Waals surface area (Å²) in [4.78, 5) is 13.1. The molecule has 1 amide bonds. The van der Waals surface area contributed by atoms with Gasteiger partial charge in [0, 0.05) is 18.6 Å². The van der Waals surface area contributed by atoms with Crippen LogP contribution in [0.2, 0.25) is 0 Å². The van der Waals surface area contributed by atoms with Gasteiger partial charge in [0.2, 0.25) is 0 Å². The van der Waals surface area contributed by atoms with E-state index in [0.29, 0.717) is 5.69 Å². The van der Waals surface area contributed by atoms with Crippen molar-refractivity contribution in [2.45, 2.75) is 156 Å². The quantitative estimate of drug-likeness (QED) is 0.121. The van der Waals surface area contributed by atoms with Gasteiger partial charge >= 0.3 is 5.91 Å². The zero-order chi connectivity index (χ0) is 29.9. The van der Waals surface area contributed by atoms with Gasteiger partial charge in [-0.25, -0.2) is 0 Å². The molecule has 1 unspecified atom stereocenters. The summed E-state index contributed by atoms with van der Waals surface area (Å²) in [7, 11) is 0. The average Bonchev–Trinajstić information content (AvgIpc) is 2.95. The van der Waals surface area contributed by atoms with Crippen LogP contribution in [0.3, 0.4) is 0 Å². The number of aryl methyl sites for hydroxylation is 1. The van der Waals surface area contributed by atoms with E-state index < -0.39 is 0 Å². The summed E-state index contributed by atoms with van der Waals surface area (Å²) < 4.78 is 8.33. The lowest BCUT2D eigenvalue weighted by Crippen LogP contribution is -2.43. The molecule has 1 aromatic heterocycles. The van der Waals surface area contributed by atoms with Crippen molar-refractivity contribution < 1.29 is 14.1 Å². The predicted octanol–water partition coefficient (Wildman–Crippen LogP) is 10.0. The lowest BCUT2D eigenvalue weighted by atomic mass is 9.84. The van der Waals surface area contributed by atoms with Crippen molar-refractivity contribution >= 4 is 5.91 Å². The predicted molar refractivity (Wildman–Crippen MR) is 174 cm³/mol. The number of unbranched alkanes of at least 4 members (excludes halogenated alkanes) is 13. The molecule has 1 atom stereocenters. The Hall–Kier alpha value is -2.36. The molecule has 0 aliphatic heterocycles. The lowest BCUT2D eigenvalue weighted by Gasteiger charge is -2.25. The van der Waals surface area contributed by atoms with Gasteiger partial charge < -0.3 is 10.1 Å². The SMILES string of the molecule is CCCCCCCCCCCCCCCCOc1ccc(C(C)NC(=O)c2cccc[n+]2CCC)cc1C(C)(C)C. The number of nitrogens with zero attached hydrogens (tertiary/aromatic N) is 1. The normalized spacial score (nSPS) is 12.3. The molecule has 0 aliphatic carbocycles. The molecule has 0 saturated heterocycles. The summed E-state index contributed by atoms with van der Waals surface area (Å²) in [6.45, 7) is 14.7. The number of aromatic nitrogens is 1. The number of ether oxygens (including phenoxy) is 1. The number of hydrogen-bond acceptors (Lipinski definition) is 2. The molecule has 230 valence electrons. The van der Waals surface area contributed by atoms with Crippen molar-refractivity contribution in [3.8, 4) is 5.75 Å². The van der Waals surface area contributed by atoms with Gasteiger partial charge in [-0.15, -0.1) is 0 Å². The van der Waals surface area contributed by atoms with Crippen molar-refractivity contribution in [3.63, 3.8) is 0 Å². The lowest BCUT2D eigenvalue weighted by molar-refractivity contribution is -0.698. The molecule has 1 N–H and O–H groups in total. The van der Waals surface area contributed by atoms with Gasteiger partial charge in [0.05, 0.1) is 12.6 Å². The van der Waals surface area contributed by atoms with E-state index in [1.165, 1.54) is 89.0 Å². The van der Waals surface area contributed by atoms with E-state index in [0.717, 1.165) is 37.3 Å². The Morgan fingerprint density at radius 1 is 0.805 bits per heavy atom. The van der Waals surface area contributed by atoms with Crippen LogP contribution in [0.25, 0.3) is 0 Å². The van der Waals surface area contributed by atoms with E-state index in [9.17, 15) is 4.79 Å². The summed E-state index contributed by atoms with van der Waals surface area (Å²) >= 11 is 0. The van der Waals surface area contributed by atoms with Crippen LogP contribution in [-0.2, 0) is 12.0 Å². The number of carbonyl (C=O) groups excluding carboxylic acids is 1. The fourth-order valence-corrected chi connectivity index (χ4v) is 5.48. The molecule has 0 spiro atoms. The molecular weight excluding hydrogens is 504 g/mol. The largest absolute Gasteiger partial charge is 0.493 e. The number of nitrogens with one attached hydrogen (secondary N) is 1. The Bertz CT molecular complexity index is 995. The smallest absolute Gasteiger partial charge is 0.316 e. The van der Waals surface area contributed by atoms with Crippen molar-refractivity contribution in [2.75, 3.05) is 6.61 Å². The van der Waals surface area contributed by atoms with Crippen LogP contribution in [0.1, 0.15) is 166 Å². The van der Waals surface area contributed by atoms with Crippen molar-refractivity contribution in [2.24, 2.45) is 0 Å². The van der Waals surface area contributed by atoms with Gasteiger partial charge in [0.1, 0.15) is 12.3 Å². The number of rotatable bonds is 21. The average molecular weight is 566 g/mol. The molecule has 1 heterocycles. The van der Waals surface area contributed by atoms with E-state index in [2.05, 4.69) is 65.1 Å². The third-order valence-electron chi connectivity index (χ3n) is 8.05. The molecule has 2 rings (SSSR count). The molecule has 4 nitrogen and oxygen atoms in total. The first-order chi connectivity index (χ1) is 19.8. The summed E-state index contributed by atoms with van der Waals surface area (Å²) in [6, 6.07) is 12.1. The maximum Gasteiger partial charge on any atom is 0.316 e. The minimum absolute atomic E-state index is 0.0398. The Morgan fingerprint density at radius 2 is 1.39 bits per heavy atom. The molecule has 0 saturated carbocycles. The van der Waals surface area contributed by atoms with E-state index in [4.69, 9.17) is 4.74 Å². The van der Waals surface area contributed by atoms with E-state index >= 15 is 0 Å². The second-order valence-corrected chi connectivity index (χ2v) is 12.9.